The summed E-state index contributed by atoms with van der Waals surface area (Å²) in [6.45, 7) is 3.46. The second-order valence-corrected chi connectivity index (χ2v) is 9.18. The molecule has 1 N–H and O–H groups in total. The van der Waals surface area contributed by atoms with Crippen molar-refractivity contribution in [3.63, 3.8) is 0 Å². The van der Waals surface area contributed by atoms with Gasteiger partial charge in [0.1, 0.15) is 19.0 Å². The van der Waals surface area contributed by atoms with Crippen molar-refractivity contribution >= 4 is 28.5 Å². The molecule has 5 rings (SSSR count). The quantitative estimate of drug-likeness (QED) is 0.583. The van der Waals surface area contributed by atoms with E-state index >= 15 is 0 Å². The Morgan fingerprint density at radius 1 is 1.06 bits per heavy atom. The maximum Gasteiger partial charge on any atom is 0.241 e. The molecule has 33 heavy (non-hydrogen) atoms. The van der Waals surface area contributed by atoms with Crippen molar-refractivity contribution < 1.29 is 19.4 Å². The number of carbonyl (C=O) groups is 1. The lowest BCUT2D eigenvalue weighted by molar-refractivity contribution is -0.119. The zero-order valence-electron chi connectivity index (χ0n) is 18.3. The summed E-state index contributed by atoms with van der Waals surface area (Å²) in [5.74, 6) is 1.73. The number of ether oxygens (including phenoxy) is 2. The molecule has 2 aromatic carbocycles. The number of hydrogen-bond acceptors (Lipinski definition) is 6. The first kappa shape index (κ1) is 21.6. The van der Waals surface area contributed by atoms with Crippen molar-refractivity contribution in [2.24, 2.45) is 0 Å². The number of benzene rings is 2. The van der Waals surface area contributed by atoms with E-state index in [1.165, 1.54) is 5.57 Å². The van der Waals surface area contributed by atoms with Gasteiger partial charge in [-0.25, -0.2) is 0 Å². The van der Waals surface area contributed by atoms with Gasteiger partial charge in [0, 0.05) is 29.7 Å². The largest absolute Gasteiger partial charge is 0.508 e. The lowest BCUT2D eigenvalue weighted by Crippen LogP contribution is -2.41. The number of anilines is 1. The lowest BCUT2D eigenvalue weighted by atomic mass is 9.99. The Morgan fingerprint density at radius 2 is 1.88 bits per heavy atom. The van der Waals surface area contributed by atoms with Gasteiger partial charge in [0.25, 0.3) is 0 Å². The molecule has 7 heteroatoms. The number of amides is 1. The molecule has 0 spiro atoms. The number of fused-ring (bicyclic) bond motifs is 1. The molecule has 0 saturated carbocycles. The number of phenols is 1. The Labute approximate surface area is 197 Å². The first-order valence-corrected chi connectivity index (χ1v) is 12.0. The number of hydrogen-bond donors (Lipinski definition) is 1. The normalized spacial score (nSPS) is 15.7. The molecule has 0 saturated heterocycles. The summed E-state index contributed by atoms with van der Waals surface area (Å²) in [6, 6.07) is 17.1. The molecule has 170 valence electrons. The Balaban J connectivity index is 1.31. The van der Waals surface area contributed by atoms with E-state index in [0.717, 1.165) is 41.4 Å². The van der Waals surface area contributed by atoms with Crippen LogP contribution >= 0.6 is 11.3 Å². The van der Waals surface area contributed by atoms with Gasteiger partial charge in [-0.3, -0.25) is 9.69 Å². The van der Waals surface area contributed by atoms with Crippen LogP contribution in [0.2, 0.25) is 0 Å². The van der Waals surface area contributed by atoms with Crippen molar-refractivity contribution in [1.29, 1.82) is 0 Å². The molecule has 0 bridgehead atoms. The summed E-state index contributed by atoms with van der Waals surface area (Å²) in [6.07, 6.45) is 3.05. The molecular weight excluding hydrogens is 436 g/mol. The van der Waals surface area contributed by atoms with E-state index in [1.54, 1.807) is 23.5 Å². The highest BCUT2D eigenvalue weighted by molar-refractivity contribution is 7.09. The van der Waals surface area contributed by atoms with Crippen LogP contribution in [-0.2, 0) is 11.3 Å². The van der Waals surface area contributed by atoms with Crippen LogP contribution in [0.15, 0.2) is 66.1 Å². The topological polar surface area (TPSA) is 62.2 Å². The Hall–Kier alpha value is -3.29. The third-order valence-corrected chi connectivity index (χ3v) is 6.78. The molecule has 0 aliphatic carbocycles. The van der Waals surface area contributed by atoms with E-state index in [1.807, 2.05) is 46.7 Å². The van der Waals surface area contributed by atoms with E-state index in [9.17, 15) is 9.90 Å². The molecule has 0 atom stereocenters. The fraction of sp³-hybridized carbons (Fsp3) is 0.269. The molecule has 1 aromatic heterocycles. The summed E-state index contributed by atoms with van der Waals surface area (Å²) < 4.78 is 11.4. The van der Waals surface area contributed by atoms with Crippen molar-refractivity contribution in [3.05, 3.63) is 76.5 Å². The third kappa shape index (κ3) is 5.05. The minimum absolute atomic E-state index is 0.0570. The van der Waals surface area contributed by atoms with E-state index in [2.05, 4.69) is 17.0 Å². The number of carbonyl (C=O) groups excluding carboxylic acids is 1. The summed E-state index contributed by atoms with van der Waals surface area (Å²) in [7, 11) is 0. The van der Waals surface area contributed by atoms with Gasteiger partial charge >= 0.3 is 0 Å². The van der Waals surface area contributed by atoms with Crippen molar-refractivity contribution in [2.75, 3.05) is 37.7 Å². The molecule has 0 unspecified atom stereocenters. The maximum absolute atomic E-state index is 13.5. The van der Waals surface area contributed by atoms with Gasteiger partial charge in [-0.2, -0.15) is 0 Å². The maximum atomic E-state index is 13.5. The lowest BCUT2D eigenvalue weighted by Gasteiger charge is -2.30. The van der Waals surface area contributed by atoms with Crippen molar-refractivity contribution in [1.82, 2.24) is 4.90 Å². The zero-order chi connectivity index (χ0) is 22.6. The molecule has 2 aliphatic rings. The third-order valence-electron chi connectivity index (χ3n) is 5.92. The predicted molar refractivity (Wildman–Crippen MR) is 130 cm³/mol. The fourth-order valence-corrected chi connectivity index (χ4v) is 4.84. The highest BCUT2D eigenvalue weighted by atomic mass is 32.1. The van der Waals surface area contributed by atoms with Gasteiger partial charge in [-0.15, -0.1) is 11.3 Å². The van der Waals surface area contributed by atoms with Gasteiger partial charge in [0.15, 0.2) is 11.5 Å². The molecule has 2 aliphatic heterocycles. The molecule has 3 heterocycles. The average Bonchev–Trinajstić information content (AvgIpc) is 3.37. The van der Waals surface area contributed by atoms with Gasteiger partial charge in [-0.05, 0) is 53.3 Å². The van der Waals surface area contributed by atoms with Crippen LogP contribution in [-0.4, -0.2) is 48.8 Å². The van der Waals surface area contributed by atoms with Gasteiger partial charge in [-0.1, -0.05) is 24.3 Å². The first-order valence-electron chi connectivity index (χ1n) is 11.1. The second-order valence-electron chi connectivity index (χ2n) is 8.15. The van der Waals surface area contributed by atoms with Crippen LogP contribution < -0.4 is 14.4 Å². The monoisotopic (exact) mass is 462 g/mol. The number of aromatic hydroxyl groups is 1. The highest BCUT2D eigenvalue weighted by Crippen LogP contribution is 2.35. The van der Waals surface area contributed by atoms with E-state index in [0.29, 0.717) is 32.1 Å². The summed E-state index contributed by atoms with van der Waals surface area (Å²) >= 11 is 1.65. The van der Waals surface area contributed by atoms with Crippen molar-refractivity contribution in [2.45, 2.75) is 13.0 Å². The SMILES string of the molecule is O=C(CN1CC=C(c2ccc(O)cc2)CC1)N(Cc1cccs1)c1ccc2c(c1)OCCO2. The van der Waals surface area contributed by atoms with Crippen LogP contribution in [0.1, 0.15) is 16.9 Å². The predicted octanol–water partition coefficient (Wildman–Crippen LogP) is 4.55. The Kier molecular flexibility index (Phi) is 6.32. The standard InChI is InChI=1S/C26H26N2O4S/c29-22-6-3-19(4-7-22)20-9-11-27(12-10-20)18-26(30)28(17-23-2-1-15-33-23)21-5-8-24-25(16-21)32-14-13-31-24/h1-9,15-16,29H,10-14,17-18H2. The highest BCUT2D eigenvalue weighted by Gasteiger charge is 2.23. The zero-order valence-corrected chi connectivity index (χ0v) is 19.1. The van der Waals surface area contributed by atoms with Crippen LogP contribution in [0, 0.1) is 0 Å². The fourth-order valence-electron chi connectivity index (χ4n) is 4.15. The minimum Gasteiger partial charge on any atom is -0.508 e. The number of thiophene rings is 1. The van der Waals surface area contributed by atoms with E-state index in [-0.39, 0.29) is 11.7 Å². The number of phenolic OH excluding ortho intramolecular Hbond substituents is 1. The summed E-state index contributed by atoms with van der Waals surface area (Å²) in [5, 5.41) is 11.5. The molecule has 0 fully saturated rings. The number of nitrogens with zero attached hydrogens (tertiary/aromatic N) is 2. The Bertz CT molecular complexity index is 1140. The number of rotatable bonds is 6. The second kappa shape index (κ2) is 9.68. The molecular formula is C26H26N2O4S. The van der Waals surface area contributed by atoms with Crippen LogP contribution in [0.25, 0.3) is 5.57 Å². The smallest absolute Gasteiger partial charge is 0.241 e. The Morgan fingerprint density at radius 3 is 2.61 bits per heavy atom. The van der Waals surface area contributed by atoms with Gasteiger partial charge < -0.3 is 19.5 Å². The molecule has 0 radical (unpaired) electrons. The van der Waals surface area contributed by atoms with Crippen molar-refractivity contribution in [3.8, 4) is 17.2 Å². The molecule has 1 amide bonds. The first-order chi connectivity index (χ1) is 16.2. The molecule has 6 nitrogen and oxygen atoms in total. The van der Waals surface area contributed by atoms with Gasteiger partial charge in [0.05, 0.1) is 13.1 Å². The average molecular weight is 463 g/mol. The summed E-state index contributed by atoms with van der Waals surface area (Å²) in [4.78, 5) is 18.6. The summed E-state index contributed by atoms with van der Waals surface area (Å²) in [5.41, 5.74) is 3.19. The van der Waals surface area contributed by atoms with Crippen LogP contribution in [0.3, 0.4) is 0 Å². The van der Waals surface area contributed by atoms with Crippen LogP contribution in [0.5, 0.6) is 17.2 Å². The van der Waals surface area contributed by atoms with E-state index in [4.69, 9.17) is 9.47 Å². The molecule has 3 aromatic rings. The van der Waals surface area contributed by atoms with Crippen LogP contribution in [0.4, 0.5) is 5.69 Å². The minimum atomic E-state index is 0.0570. The van der Waals surface area contributed by atoms with E-state index < -0.39 is 0 Å². The van der Waals surface area contributed by atoms with Gasteiger partial charge in [0.2, 0.25) is 5.91 Å².